The van der Waals surface area contributed by atoms with Crippen LogP contribution in [0.25, 0.3) is 0 Å². The van der Waals surface area contributed by atoms with Crippen LogP contribution in [-0.2, 0) is 16.0 Å². The second-order valence-corrected chi connectivity index (χ2v) is 4.56. The van der Waals surface area contributed by atoms with E-state index < -0.39 is 0 Å². The molecule has 0 heterocycles. The van der Waals surface area contributed by atoms with Gasteiger partial charge in [0.25, 0.3) is 6.47 Å². The van der Waals surface area contributed by atoms with Crippen LogP contribution in [0.15, 0.2) is 24.0 Å². The summed E-state index contributed by atoms with van der Waals surface area (Å²) in [7, 11) is 0. The van der Waals surface area contributed by atoms with E-state index in [1.807, 2.05) is 6.92 Å². The minimum Gasteiger partial charge on any atom is -0.437 e. The van der Waals surface area contributed by atoms with Gasteiger partial charge in [-0.05, 0) is 68.4 Å². The Morgan fingerprint density at radius 2 is 1.82 bits per heavy atom. The number of hydrogen-bond donors (Lipinski definition) is 0. The molecule has 2 heteroatoms. The van der Waals surface area contributed by atoms with Crippen LogP contribution in [0.1, 0.15) is 35.6 Å². The Hall–Kier alpha value is -1.57. The number of aryl methyl sites for hydroxylation is 4. The van der Waals surface area contributed by atoms with E-state index in [4.69, 9.17) is 0 Å². The van der Waals surface area contributed by atoms with E-state index >= 15 is 0 Å². The first-order valence-corrected chi connectivity index (χ1v) is 5.86. The first-order valence-electron chi connectivity index (χ1n) is 5.86. The van der Waals surface area contributed by atoms with Crippen molar-refractivity contribution in [2.24, 2.45) is 0 Å². The summed E-state index contributed by atoms with van der Waals surface area (Å²) in [6.45, 7) is 8.83. The van der Waals surface area contributed by atoms with Crippen LogP contribution in [0.2, 0.25) is 0 Å². The highest BCUT2D eigenvalue weighted by Crippen LogP contribution is 2.18. The highest BCUT2D eigenvalue weighted by molar-refractivity contribution is 5.39. The summed E-state index contributed by atoms with van der Waals surface area (Å²) in [5.74, 6) is 0. The van der Waals surface area contributed by atoms with Gasteiger partial charge < -0.3 is 4.74 Å². The first kappa shape index (κ1) is 13.5. The van der Waals surface area contributed by atoms with Gasteiger partial charge in [0, 0.05) is 0 Å². The minimum absolute atomic E-state index is 0.449. The number of benzene rings is 1. The molecule has 0 aliphatic heterocycles. The zero-order valence-corrected chi connectivity index (χ0v) is 11.0. The van der Waals surface area contributed by atoms with Gasteiger partial charge in [0.2, 0.25) is 0 Å². The standard InChI is InChI=1S/C15H20O2/c1-11(9-17-10-16)5-6-15-8-13(3)12(2)7-14(15)4/h7-10H,5-6H2,1-4H3/b11-9+. The fourth-order valence-electron chi connectivity index (χ4n) is 1.82. The van der Waals surface area contributed by atoms with Crippen molar-refractivity contribution < 1.29 is 9.53 Å². The monoisotopic (exact) mass is 232 g/mol. The van der Waals surface area contributed by atoms with Crippen LogP contribution in [-0.4, -0.2) is 6.47 Å². The lowest BCUT2D eigenvalue weighted by atomic mass is 9.96. The van der Waals surface area contributed by atoms with Crippen molar-refractivity contribution in [1.82, 2.24) is 0 Å². The number of hydrogen-bond acceptors (Lipinski definition) is 2. The predicted molar refractivity (Wildman–Crippen MR) is 69.9 cm³/mol. The molecule has 0 saturated carbocycles. The summed E-state index contributed by atoms with van der Waals surface area (Å²) in [6, 6.07) is 4.48. The summed E-state index contributed by atoms with van der Waals surface area (Å²) in [5, 5.41) is 0. The molecule has 1 rings (SSSR count). The van der Waals surface area contributed by atoms with Gasteiger partial charge in [-0.2, -0.15) is 0 Å². The SMILES string of the molecule is C/C(=C\OC=O)CCc1cc(C)c(C)cc1C. The Bertz CT molecular complexity index is 431. The smallest absolute Gasteiger partial charge is 0.297 e. The Morgan fingerprint density at radius 1 is 1.18 bits per heavy atom. The molecule has 17 heavy (non-hydrogen) atoms. The molecule has 1 aromatic rings. The van der Waals surface area contributed by atoms with Crippen LogP contribution >= 0.6 is 0 Å². The highest BCUT2D eigenvalue weighted by Gasteiger charge is 2.02. The Morgan fingerprint density at radius 3 is 2.47 bits per heavy atom. The van der Waals surface area contributed by atoms with Gasteiger partial charge in [-0.3, -0.25) is 4.79 Å². The van der Waals surface area contributed by atoms with Crippen molar-refractivity contribution in [3.8, 4) is 0 Å². The summed E-state index contributed by atoms with van der Waals surface area (Å²) in [5.41, 5.74) is 6.44. The van der Waals surface area contributed by atoms with Crippen molar-refractivity contribution in [3.63, 3.8) is 0 Å². The summed E-state index contributed by atoms with van der Waals surface area (Å²) < 4.78 is 4.61. The topological polar surface area (TPSA) is 26.3 Å². The molecule has 0 unspecified atom stereocenters. The lowest BCUT2D eigenvalue weighted by molar-refractivity contribution is -0.123. The molecule has 0 N–H and O–H groups in total. The molecular formula is C15H20O2. The average molecular weight is 232 g/mol. The van der Waals surface area contributed by atoms with E-state index in [2.05, 4.69) is 37.6 Å². The van der Waals surface area contributed by atoms with Crippen LogP contribution in [0.5, 0.6) is 0 Å². The Kier molecular flexibility index (Phi) is 4.95. The third kappa shape index (κ3) is 4.06. The molecule has 0 atom stereocenters. The second kappa shape index (κ2) is 6.24. The molecule has 0 spiro atoms. The largest absolute Gasteiger partial charge is 0.437 e. The lowest BCUT2D eigenvalue weighted by Crippen LogP contribution is -1.94. The third-order valence-electron chi connectivity index (χ3n) is 3.07. The Balaban J connectivity index is 2.69. The molecular weight excluding hydrogens is 212 g/mol. The number of rotatable bonds is 5. The van der Waals surface area contributed by atoms with Crippen LogP contribution in [0.4, 0.5) is 0 Å². The zero-order chi connectivity index (χ0) is 12.8. The summed E-state index contributed by atoms with van der Waals surface area (Å²) >= 11 is 0. The fourth-order valence-corrected chi connectivity index (χ4v) is 1.82. The van der Waals surface area contributed by atoms with Crippen molar-refractivity contribution in [2.75, 3.05) is 0 Å². The van der Waals surface area contributed by atoms with Crippen LogP contribution < -0.4 is 0 Å². The van der Waals surface area contributed by atoms with E-state index in [1.54, 1.807) is 0 Å². The number of carbonyl (C=O) groups excluding carboxylic acids is 1. The summed E-state index contributed by atoms with van der Waals surface area (Å²) in [6.07, 6.45) is 3.41. The maximum absolute atomic E-state index is 10.1. The number of carbonyl (C=O) groups is 1. The number of ether oxygens (including phenoxy) is 1. The molecule has 0 aliphatic carbocycles. The molecule has 92 valence electrons. The molecule has 0 aliphatic rings. The van der Waals surface area contributed by atoms with Crippen LogP contribution in [0, 0.1) is 20.8 Å². The van der Waals surface area contributed by atoms with Crippen molar-refractivity contribution in [2.45, 2.75) is 40.5 Å². The van der Waals surface area contributed by atoms with Gasteiger partial charge >= 0.3 is 0 Å². The van der Waals surface area contributed by atoms with Gasteiger partial charge in [0.05, 0.1) is 6.26 Å². The van der Waals surface area contributed by atoms with Gasteiger partial charge in [-0.15, -0.1) is 0 Å². The molecule has 1 aromatic carbocycles. The van der Waals surface area contributed by atoms with E-state index in [9.17, 15) is 4.79 Å². The van der Waals surface area contributed by atoms with Gasteiger partial charge in [-0.1, -0.05) is 12.1 Å². The van der Waals surface area contributed by atoms with Crippen molar-refractivity contribution in [3.05, 3.63) is 46.2 Å². The van der Waals surface area contributed by atoms with E-state index in [0.29, 0.717) is 6.47 Å². The first-order chi connectivity index (χ1) is 8.04. The molecule has 0 bridgehead atoms. The molecule has 2 nitrogen and oxygen atoms in total. The molecule has 0 amide bonds. The molecule has 0 radical (unpaired) electrons. The quantitative estimate of drug-likeness (QED) is 0.572. The van der Waals surface area contributed by atoms with E-state index in [-0.39, 0.29) is 0 Å². The fraction of sp³-hybridized carbons (Fsp3) is 0.400. The van der Waals surface area contributed by atoms with E-state index in [0.717, 1.165) is 18.4 Å². The maximum atomic E-state index is 10.1. The van der Waals surface area contributed by atoms with E-state index in [1.165, 1.54) is 28.5 Å². The summed E-state index contributed by atoms with van der Waals surface area (Å²) in [4.78, 5) is 10.1. The molecule has 0 saturated heterocycles. The molecule has 0 aromatic heterocycles. The predicted octanol–water partition coefficient (Wildman–Crippen LogP) is 3.62. The number of allylic oxidation sites excluding steroid dienone is 1. The minimum atomic E-state index is 0.449. The zero-order valence-electron chi connectivity index (χ0n) is 11.0. The lowest BCUT2D eigenvalue weighted by Gasteiger charge is -2.09. The second-order valence-electron chi connectivity index (χ2n) is 4.56. The van der Waals surface area contributed by atoms with Gasteiger partial charge in [-0.25, -0.2) is 0 Å². The van der Waals surface area contributed by atoms with Gasteiger partial charge in [0.15, 0.2) is 0 Å². The third-order valence-corrected chi connectivity index (χ3v) is 3.07. The van der Waals surface area contributed by atoms with Crippen molar-refractivity contribution in [1.29, 1.82) is 0 Å². The highest BCUT2D eigenvalue weighted by atomic mass is 16.5. The Labute approximate surface area is 103 Å². The molecule has 0 fully saturated rings. The van der Waals surface area contributed by atoms with Gasteiger partial charge in [0.1, 0.15) is 0 Å². The van der Waals surface area contributed by atoms with Crippen LogP contribution in [0.3, 0.4) is 0 Å². The van der Waals surface area contributed by atoms with Crippen molar-refractivity contribution >= 4 is 6.47 Å². The maximum Gasteiger partial charge on any atom is 0.297 e. The normalized spacial score (nSPS) is 11.4. The average Bonchev–Trinajstić information content (AvgIpc) is 2.29.